The van der Waals surface area contributed by atoms with E-state index in [1.165, 1.54) is 12.1 Å². The molecule has 10 nitrogen and oxygen atoms in total. The normalized spacial score (nSPS) is 36.3. The summed E-state index contributed by atoms with van der Waals surface area (Å²) in [5.74, 6) is -0.866. The van der Waals surface area contributed by atoms with E-state index in [0.29, 0.717) is 12.0 Å². The molecule has 0 bridgehead atoms. The predicted molar refractivity (Wildman–Crippen MR) is 100.0 cm³/mol. The van der Waals surface area contributed by atoms with Crippen LogP contribution in [-0.4, -0.2) is 85.6 Å². The van der Waals surface area contributed by atoms with Gasteiger partial charge in [0.1, 0.15) is 36.8 Å². The molecule has 10 heteroatoms. The number of aliphatic hydroxyl groups excluding tert-OH is 5. The topological polar surface area (TPSA) is 166 Å². The molecule has 1 aliphatic heterocycles. The number of carbonyl (C=O) groups is 1. The summed E-state index contributed by atoms with van der Waals surface area (Å²) in [5, 5.41) is 59.5. The third-order valence-corrected chi connectivity index (χ3v) is 5.24. The average molecular weight is 426 g/mol. The predicted octanol–water partition coefficient (Wildman–Crippen LogP) is -1.65. The Bertz CT molecular complexity index is 766. The van der Waals surface area contributed by atoms with Crippen molar-refractivity contribution in [3.8, 4) is 5.75 Å². The second-order valence-corrected chi connectivity index (χ2v) is 7.32. The molecule has 30 heavy (non-hydrogen) atoms. The second-order valence-electron chi connectivity index (χ2n) is 7.32. The summed E-state index contributed by atoms with van der Waals surface area (Å²) in [6.07, 6.45) is -4.97. The van der Waals surface area contributed by atoms with Crippen LogP contribution < -0.4 is 4.74 Å². The van der Waals surface area contributed by atoms with Gasteiger partial charge in [-0.2, -0.15) is 0 Å². The lowest BCUT2D eigenvalue weighted by molar-refractivity contribution is -0.277. The average Bonchev–Trinajstić information content (AvgIpc) is 2.75. The van der Waals surface area contributed by atoms with E-state index < -0.39 is 55.0 Å². The molecule has 0 radical (unpaired) electrons. The van der Waals surface area contributed by atoms with Gasteiger partial charge in [0.15, 0.2) is 0 Å². The highest BCUT2D eigenvalue weighted by atomic mass is 16.7. The van der Waals surface area contributed by atoms with Gasteiger partial charge >= 0.3 is 5.97 Å². The van der Waals surface area contributed by atoms with Crippen molar-refractivity contribution in [3.63, 3.8) is 0 Å². The van der Waals surface area contributed by atoms with E-state index in [0.717, 1.165) is 0 Å². The molecule has 0 saturated carbocycles. The van der Waals surface area contributed by atoms with E-state index in [1.807, 2.05) is 0 Å². The van der Waals surface area contributed by atoms with Crippen LogP contribution in [0.15, 0.2) is 36.4 Å². The van der Waals surface area contributed by atoms with Crippen molar-refractivity contribution in [3.05, 3.63) is 42.0 Å². The Balaban J connectivity index is 1.70. The maximum atomic E-state index is 12.3. The van der Waals surface area contributed by atoms with Gasteiger partial charge in [-0.15, -0.1) is 0 Å². The molecular formula is C20H26O10. The number of aliphatic hydroxyl groups is 6. The summed E-state index contributed by atoms with van der Waals surface area (Å²) in [5.41, 5.74) is -1.77. The molecule has 6 N–H and O–H groups in total. The van der Waals surface area contributed by atoms with Gasteiger partial charge in [0.25, 0.3) is 0 Å². The van der Waals surface area contributed by atoms with Crippen LogP contribution in [0, 0.1) is 0 Å². The molecule has 1 aromatic carbocycles. The van der Waals surface area contributed by atoms with Crippen molar-refractivity contribution in [2.24, 2.45) is 0 Å². The summed E-state index contributed by atoms with van der Waals surface area (Å²) >= 11 is 0. The highest BCUT2D eigenvalue weighted by Gasteiger charge is 2.45. The van der Waals surface area contributed by atoms with Gasteiger partial charge in [0.2, 0.25) is 11.9 Å². The largest absolute Gasteiger partial charge is 0.462 e. The molecule has 1 heterocycles. The number of rotatable bonds is 6. The van der Waals surface area contributed by atoms with Crippen LogP contribution in [0.3, 0.4) is 0 Å². The van der Waals surface area contributed by atoms with Crippen LogP contribution in [0.2, 0.25) is 0 Å². The molecule has 1 fully saturated rings. The molecule has 0 aromatic heterocycles. The second kappa shape index (κ2) is 9.40. The van der Waals surface area contributed by atoms with Crippen molar-refractivity contribution in [1.82, 2.24) is 0 Å². The molecule has 0 spiro atoms. The van der Waals surface area contributed by atoms with E-state index in [4.69, 9.17) is 14.2 Å². The fourth-order valence-electron chi connectivity index (χ4n) is 3.34. The van der Waals surface area contributed by atoms with Gasteiger partial charge in [-0.1, -0.05) is 24.3 Å². The molecule has 3 rings (SSSR count). The summed E-state index contributed by atoms with van der Waals surface area (Å²) in [6, 6.07) is 6.34. The van der Waals surface area contributed by atoms with Crippen LogP contribution in [0.5, 0.6) is 5.75 Å². The summed E-state index contributed by atoms with van der Waals surface area (Å²) < 4.78 is 16.1. The fraction of sp³-hybridized carbons (Fsp3) is 0.550. The van der Waals surface area contributed by atoms with E-state index in [-0.39, 0.29) is 18.8 Å². The quantitative estimate of drug-likeness (QED) is 0.229. The van der Waals surface area contributed by atoms with E-state index in [1.54, 1.807) is 24.3 Å². The molecule has 7 atom stereocenters. The number of hydrogen-bond donors (Lipinski definition) is 6. The molecule has 1 aliphatic carbocycles. The van der Waals surface area contributed by atoms with Gasteiger partial charge < -0.3 is 44.8 Å². The monoisotopic (exact) mass is 426 g/mol. The van der Waals surface area contributed by atoms with Crippen LogP contribution in [0.4, 0.5) is 0 Å². The Morgan fingerprint density at radius 3 is 2.57 bits per heavy atom. The third kappa shape index (κ3) is 4.49. The van der Waals surface area contributed by atoms with E-state index >= 15 is 0 Å². The Kier molecular flexibility index (Phi) is 7.09. The number of esters is 1. The first-order valence-corrected chi connectivity index (χ1v) is 9.58. The van der Waals surface area contributed by atoms with E-state index in [2.05, 4.69) is 0 Å². The van der Waals surface area contributed by atoms with Gasteiger partial charge in [0.05, 0.1) is 12.7 Å². The van der Waals surface area contributed by atoms with Crippen molar-refractivity contribution in [2.45, 2.75) is 61.9 Å². The molecule has 1 saturated heterocycles. The molecule has 166 valence electrons. The minimum Gasteiger partial charge on any atom is -0.462 e. The minimum absolute atomic E-state index is 0.154. The van der Waals surface area contributed by atoms with Crippen molar-refractivity contribution in [2.75, 3.05) is 6.61 Å². The van der Waals surface area contributed by atoms with Gasteiger partial charge in [-0.05, 0) is 25.0 Å². The zero-order valence-corrected chi connectivity index (χ0v) is 16.1. The lowest BCUT2D eigenvalue weighted by Crippen LogP contribution is -2.60. The summed E-state index contributed by atoms with van der Waals surface area (Å²) in [6.45, 7) is -0.909. The van der Waals surface area contributed by atoms with Gasteiger partial charge in [0, 0.05) is 5.56 Å². The smallest absolute Gasteiger partial charge is 0.345 e. The molecule has 2 aliphatic rings. The van der Waals surface area contributed by atoms with Crippen LogP contribution in [0.25, 0.3) is 0 Å². The Morgan fingerprint density at radius 1 is 1.13 bits per heavy atom. The zero-order valence-electron chi connectivity index (χ0n) is 16.1. The molecule has 0 amide bonds. The lowest BCUT2D eigenvalue weighted by atomic mass is 9.88. The number of ether oxygens (including phenoxy) is 3. The van der Waals surface area contributed by atoms with Crippen LogP contribution in [0.1, 0.15) is 18.4 Å². The SMILES string of the molecule is O=C(OCc1ccccc1O[C@@H]1O[C@H](CO)[C@@H](O)[C@H](O)[C@H]1O)C1(O)C=CCCC1O. The Morgan fingerprint density at radius 2 is 1.87 bits per heavy atom. The maximum Gasteiger partial charge on any atom is 0.345 e. The number of benzene rings is 1. The van der Waals surface area contributed by atoms with Gasteiger partial charge in [-0.25, -0.2) is 4.79 Å². The minimum atomic E-state index is -2.13. The van der Waals surface area contributed by atoms with Crippen molar-refractivity contribution < 1.29 is 49.6 Å². The van der Waals surface area contributed by atoms with Crippen LogP contribution in [-0.2, 0) is 20.9 Å². The third-order valence-electron chi connectivity index (χ3n) is 5.24. The molecular weight excluding hydrogens is 400 g/mol. The lowest BCUT2D eigenvalue weighted by Gasteiger charge is -2.39. The summed E-state index contributed by atoms with van der Waals surface area (Å²) in [7, 11) is 0. The Hall–Kier alpha value is -2.05. The van der Waals surface area contributed by atoms with Crippen molar-refractivity contribution >= 4 is 5.97 Å². The number of allylic oxidation sites excluding steroid dienone is 1. The molecule has 1 aromatic rings. The first-order chi connectivity index (χ1) is 14.3. The molecule has 2 unspecified atom stereocenters. The summed E-state index contributed by atoms with van der Waals surface area (Å²) in [4.78, 5) is 12.3. The standard InChI is InChI=1S/C20H26O10/c21-9-13-15(23)16(24)17(25)18(30-13)29-12-6-2-1-5-11(12)10-28-19(26)20(27)8-4-3-7-14(20)22/h1-2,4-6,8,13-18,21-25,27H,3,7,9-10H2/t13-,14?,15-,16+,17-,18-,20?/m1/s1. The maximum absolute atomic E-state index is 12.3. The van der Waals surface area contributed by atoms with E-state index in [9.17, 15) is 35.4 Å². The first-order valence-electron chi connectivity index (χ1n) is 9.58. The highest BCUT2D eigenvalue weighted by molar-refractivity contribution is 5.83. The number of carbonyl (C=O) groups excluding carboxylic acids is 1. The highest BCUT2D eigenvalue weighted by Crippen LogP contribution is 2.28. The van der Waals surface area contributed by atoms with Crippen LogP contribution >= 0.6 is 0 Å². The van der Waals surface area contributed by atoms with Crippen molar-refractivity contribution in [1.29, 1.82) is 0 Å². The number of para-hydroxylation sites is 1. The number of hydrogen-bond acceptors (Lipinski definition) is 10. The van der Waals surface area contributed by atoms with Gasteiger partial charge in [-0.3, -0.25) is 0 Å². The first kappa shape index (κ1) is 22.6. The Labute approximate surface area is 172 Å². The fourth-order valence-corrected chi connectivity index (χ4v) is 3.34. The zero-order chi connectivity index (χ0) is 21.9.